The maximum absolute atomic E-state index is 5.33. The quantitative estimate of drug-likeness (QED) is 0.773. The molecule has 0 fully saturated rings. The van der Waals surface area contributed by atoms with Gasteiger partial charge in [-0.05, 0) is 24.2 Å². The highest BCUT2D eigenvalue weighted by atomic mass is 79.9. The van der Waals surface area contributed by atoms with E-state index in [1.54, 1.807) is 0 Å². The molecule has 0 saturated heterocycles. The van der Waals surface area contributed by atoms with Crippen LogP contribution in [0.15, 0.2) is 28.7 Å². The molecule has 0 aliphatic rings. The summed E-state index contributed by atoms with van der Waals surface area (Å²) < 4.78 is 1.10. The molecule has 1 nitrogen and oxygen atoms in total. The van der Waals surface area contributed by atoms with Gasteiger partial charge in [-0.1, -0.05) is 28.1 Å². The first-order chi connectivity index (χ1) is 4.83. The van der Waals surface area contributed by atoms with Crippen molar-refractivity contribution in [3.05, 3.63) is 40.7 Å². The maximum Gasteiger partial charge on any atom is 0.0175 e. The van der Waals surface area contributed by atoms with Crippen LogP contribution in [0.4, 0.5) is 0 Å². The standard InChI is InChI=1S/C8H9BrN/c9-8-3-1-7(2-4-8)5-6-10/h1-5H,6,10H2. The molecule has 0 saturated carbocycles. The Bertz CT molecular complexity index is 193. The lowest BCUT2D eigenvalue weighted by molar-refractivity contribution is 1.16. The van der Waals surface area contributed by atoms with Gasteiger partial charge in [-0.3, -0.25) is 0 Å². The largest absolute Gasteiger partial charge is 0.330 e. The van der Waals surface area contributed by atoms with E-state index in [0.29, 0.717) is 6.54 Å². The van der Waals surface area contributed by atoms with Crippen LogP contribution >= 0.6 is 15.9 Å². The molecule has 10 heavy (non-hydrogen) atoms. The van der Waals surface area contributed by atoms with Crippen molar-refractivity contribution >= 4 is 15.9 Å². The molecular weight excluding hydrogens is 190 g/mol. The van der Waals surface area contributed by atoms with E-state index >= 15 is 0 Å². The molecule has 53 valence electrons. The van der Waals surface area contributed by atoms with Crippen molar-refractivity contribution in [2.75, 3.05) is 6.54 Å². The highest BCUT2D eigenvalue weighted by molar-refractivity contribution is 9.10. The third-order valence-electron chi connectivity index (χ3n) is 1.22. The first kappa shape index (κ1) is 7.76. The highest BCUT2D eigenvalue weighted by Gasteiger charge is 1.89. The molecule has 0 atom stereocenters. The summed E-state index contributed by atoms with van der Waals surface area (Å²) >= 11 is 3.35. The lowest BCUT2D eigenvalue weighted by atomic mass is 10.2. The van der Waals surface area contributed by atoms with Gasteiger partial charge in [0.15, 0.2) is 0 Å². The molecule has 0 bridgehead atoms. The fourth-order valence-corrected chi connectivity index (χ4v) is 0.999. The van der Waals surface area contributed by atoms with Crippen LogP contribution < -0.4 is 5.73 Å². The lowest BCUT2D eigenvalue weighted by Gasteiger charge is -1.95. The van der Waals surface area contributed by atoms with Crippen LogP contribution in [0.25, 0.3) is 0 Å². The fourth-order valence-electron chi connectivity index (χ4n) is 0.735. The molecule has 0 amide bonds. The van der Waals surface area contributed by atoms with Gasteiger partial charge in [0.05, 0.1) is 0 Å². The molecule has 1 aromatic rings. The molecule has 1 rings (SSSR count). The lowest BCUT2D eigenvalue weighted by Crippen LogP contribution is -1.99. The average Bonchev–Trinajstić information content (AvgIpc) is 1.95. The summed E-state index contributed by atoms with van der Waals surface area (Å²) in [5, 5.41) is 0. The van der Waals surface area contributed by atoms with Crippen molar-refractivity contribution < 1.29 is 0 Å². The highest BCUT2D eigenvalue weighted by Crippen LogP contribution is 2.10. The third-order valence-corrected chi connectivity index (χ3v) is 1.75. The third kappa shape index (κ3) is 2.12. The SMILES string of the molecule is NC[CH]c1ccc(Br)cc1. The number of hydrogen-bond donors (Lipinski definition) is 1. The molecule has 0 unspecified atom stereocenters. The van der Waals surface area contributed by atoms with Crippen LogP contribution in [0.5, 0.6) is 0 Å². The zero-order valence-corrected chi connectivity index (χ0v) is 7.14. The maximum atomic E-state index is 5.33. The van der Waals surface area contributed by atoms with Crippen LogP contribution in [0, 0.1) is 6.42 Å². The predicted molar refractivity (Wildman–Crippen MR) is 46.6 cm³/mol. The number of benzene rings is 1. The average molecular weight is 199 g/mol. The summed E-state index contributed by atoms with van der Waals surface area (Å²) in [4.78, 5) is 0. The van der Waals surface area contributed by atoms with E-state index < -0.39 is 0 Å². The molecular formula is C8H9BrN. The van der Waals surface area contributed by atoms with E-state index in [2.05, 4.69) is 15.9 Å². The topological polar surface area (TPSA) is 26.0 Å². The second-order valence-corrected chi connectivity index (χ2v) is 2.91. The van der Waals surface area contributed by atoms with Gasteiger partial charge >= 0.3 is 0 Å². The van der Waals surface area contributed by atoms with Gasteiger partial charge in [-0.15, -0.1) is 0 Å². The summed E-state index contributed by atoms with van der Waals surface area (Å²) in [7, 11) is 0. The van der Waals surface area contributed by atoms with Crippen LogP contribution in [0.1, 0.15) is 5.56 Å². The molecule has 1 radical (unpaired) electrons. The van der Waals surface area contributed by atoms with Gasteiger partial charge in [0, 0.05) is 10.9 Å². The van der Waals surface area contributed by atoms with Crippen molar-refractivity contribution in [3.8, 4) is 0 Å². The Kier molecular flexibility index (Phi) is 2.90. The Morgan fingerprint density at radius 3 is 2.40 bits per heavy atom. The van der Waals surface area contributed by atoms with Crippen molar-refractivity contribution in [1.82, 2.24) is 0 Å². The van der Waals surface area contributed by atoms with Gasteiger partial charge in [0.2, 0.25) is 0 Å². The van der Waals surface area contributed by atoms with Crippen LogP contribution in [0.2, 0.25) is 0 Å². The van der Waals surface area contributed by atoms with Crippen LogP contribution in [-0.2, 0) is 0 Å². The van der Waals surface area contributed by atoms with E-state index in [4.69, 9.17) is 5.73 Å². The number of hydrogen-bond acceptors (Lipinski definition) is 1. The molecule has 0 heterocycles. The molecule has 0 aromatic heterocycles. The van der Waals surface area contributed by atoms with E-state index in [1.165, 1.54) is 5.56 Å². The molecule has 2 heteroatoms. The van der Waals surface area contributed by atoms with Crippen LogP contribution in [-0.4, -0.2) is 6.54 Å². The molecule has 1 aromatic carbocycles. The second kappa shape index (κ2) is 3.74. The van der Waals surface area contributed by atoms with Gasteiger partial charge in [-0.25, -0.2) is 0 Å². The smallest absolute Gasteiger partial charge is 0.0175 e. The van der Waals surface area contributed by atoms with Crippen molar-refractivity contribution in [2.24, 2.45) is 5.73 Å². The minimum atomic E-state index is 0.599. The van der Waals surface area contributed by atoms with Gasteiger partial charge in [-0.2, -0.15) is 0 Å². The molecule has 2 N–H and O–H groups in total. The Morgan fingerprint density at radius 1 is 1.30 bits per heavy atom. The fraction of sp³-hybridized carbons (Fsp3) is 0.125. The zero-order valence-electron chi connectivity index (χ0n) is 5.55. The van der Waals surface area contributed by atoms with E-state index in [1.807, 2.05) is 30.7 Å². The Balaban J connectivity index is 2.69. The monoisotopic (exact) mass is 198 g/mol. The first-order valence-corrected chi connectivity index (χ1v) is 3.91. The Morgan fingerprint density at radius 2 is 1.90 bits per heavy atom. The van der Waals surface area contributed by atoms with Crippen molar-refractivity contribution in [3.63, 3.8) is 0 Å². The van der Waals surface area contributed by atoms with E-state index in [0.717, 1.165) is 4.47 Å². The minimum Gasteiger partial charge on any atom is -0.330 e. The summed E-state index contributed by atoms with van der Waals surface area (Å²) in [6.07, 6.45) is 1.98. The van der Waals surface area contributed by atoms with Gasteiger partial charge < -0.3 is 5.73 Å². The Hall–Kier alpha value is -0.340. The molecule has 0 aliphatic carbocycles. The number of halogens is 1. The first-order valence-electron chi connectivity index (χ1n) is 3.12. The molecule has 0 spiro atoms. The Labute approximate surface area is 69.4 Å². The second-order valence-electron chi connectivity index (χ2n) is 1.99. The van der Waals surface area contributed by atoms with E-state index in [-0.39, 0.29) is 0 Å². The number of nitrogens with two attached hydrogens (primary N) is 1. The summed E-state index contributed by atoms with van der Waals surface area (Å²) in [6, 6.07) is 8.05. The van der Waals surface area contributed by atoms with Crippen molar-refractivity contribution in [1.29, 1.82) is 0 Å². The van der Waals surface area contributed by atoms with E-state index in [9.17, 15) is 0 Å². The van der Waals surface area contributed by atoms with Crippen LogP contribution in [0.3, 0.4) is 0 Å². The zero-order chi connectivity index (χ0) is 7.40. The van der Waals surface area contributed by atoms with Gasteiger partial charge in [0.1, 0.15) is 0 Å². The summed E-state index contributed by atoms with van der Waals surface area (Å²) in [5.41, 5.74) is 6.50. The molecule has 0 aliphatic heterocycles. The predicted octanol–water partition coefficient (Wildman–Crippen LogP) is 1.96. The summed E-state index contributed by atoms with van der Waals surface area (Å²) in [6.45, 7) is 0.599. The van der Waals surface area contributed by atoms with Gasteiger partial charge in [0.25, 0.3) is 0 Å². The minimum absolute atomic E-state index is 0.599. The summed E-state index contributed by atoms with van der Waals surface area (Å²) in [5.74, 6) is 0. The number of rotatable bonds is 2. The normalized spacial score (nSPS) is 9.80. The van der Waals surface area contributed by atoms with Crippen molar-refractivity contribution in [2.45, 2.75) is 0 Å².